The molecule has 0 amide bonds. The van der Waals surface area contributed by atoms with Crippen LogP contribution >= 0.6 is 0 Å². The van der Waals surface area contributed by atoms with Gasteiger partial charge in [-0.3, -0.25) is 9.59 Å². The van der Waals surface area contributed by atoms with Crippen molar-refractivity contribution in [1.29, 1.82) is 0 Å². The second-order valence-corrected chi connectivity index (χ2v) is 4.34. The van der Waals surface area contributed by atoms with Crippen LogP contribution in [0.25, 0.3) is 0 Å². The van der Waals surface area contributed by atoms with Crippen LogP contribution in [0.2, 0.25) is 0 Å². The Morgan fingerprint density at radius 3 is 2.71 bits per heavy atom. The van der Waals surface area contributed by atoms with Crippen molar-refractivity contribution < 1.29 is 19.4 Å². The number of cyclic esters (lactones) is 1. The van der Waals surface area contributed by atoms with E-state index >= 15 is 0 Å². The molecule has 1 fully saturated rings. The molecule has 1 aliphatic heterocycles. The lowest BCUT2D eigenvalue weighted by atomic mass is 9.74. The summed E-state index contributed by atoms with van der Waals surface area (Å²) in [6.07, 6.45) is 0.530. The average Bonchev–Trinajstić information content (AvgIpc) is 2.25. The zero-order chi connectivity index (χ0) is 10.9. The van der Waals surface area contributed by atoms with Crippen molar-refractivity contribution in [3.05, 3.63) is 0 Å². The third-order valence-corrected chi connectivity index (χ3v) is 3.05. The second kappa shape index (κ2) is 3.59. The molecule has 0 aromatic heterocycles. The van der Waals surface area contributed by atoms with Crippen LogP contribution < -0.4 is 0 Å². The van der Waals surface area contributed by atoms with Crippen LogP contribution in [0.3, 0.4) is 0 Å². The predicted molar refractivity (Wildman–Crippen MR) is 49.7 cm³/mol. The molecule has 1 aliphatic rings. The topological polar surface area (TPSA) is 63.6 Å². The van der Waals surface area contributed by atoms with Gasteiger partial charge < -0.3 is 9.84 Å². The van der Waals surface area contributed by atoms with E-state index in [4.69, 9.17) is 9.84 Å². The molecule has 14 heavy (non-hydrogen) atoms. The van der Waals surface area contributed by atoms with Gasteiger partial charge in [0.05, 0.1) is 5.41 Å². The van der Waals surface area contributed by atoms with Gasteiger partial charge in [-0.05, 0) is 19.8 Å². The minimum absolute atomic E-state index is 0.0122. The molecule has 0 unspecified atom stereocenters. The van der Waals surface area contributed by atoms with Crippen LogP contribution in [0.4, 0.5) is 0 Å². The van der Waals surface area contributed by atoms with Gasteiger partial charge in [-0.1, -0.05) is 6.92 Å². The van der Waals surface area contributed by atoms with Crippen LogP contribution in [0.5, 0.6) is 0 Å². The first kappa shape index (κ1) is 11.0. The highest BCUT2D eigenvalue weighted by molar-refractivity contribution is 5.80. The molecule has 0 aromatic rings. The fourth-order valence-electron chi connectivity index (χ4n) is 1.93. The Bertz CT molecular complexity index is 261. The van der Waals surface area contributed by atoms with Crippen LogP contribution in [0, 0.1) is 11.3 Å². The summed E-state index contributed by atoms with van der Waals surface area (Å²) in [6, 6.07) is 0. The summed E-state index contributed by atoms with van der Waals surface area (Å²) in [5, 5.41) is 8.66. The highest BCUT2D eigenvalue weighted by atomic mass is 16.6. The molecule has 1 heterocycles. The number of aliphatic carboxylic acids is 1. The molecule has 0 aromatic carbocycles. The highest BCUT2D eigenvalue weighted by Gasteiger charge is 2.47. The molecule has 0 aliphatic carbocycles. The largest absolute Gasteiger partial charge is 0.481 e. The van der Waals surface area contributed by atoms with Gasteiger partial charge in [-0.15, -0.1) is 0 Å². The van der Waals surface area contributed by atoms with E-state index in [1.807, 2.05) is 6.92 Å². The fraction of sp³-hybridized carbons (Fsp3) is 0.800. The Kier molecular flexibility index (Phi) is 2.83. The van der Waals surface area contributed by atoms with Crippen molar-refractivity contribution in [1.82, 2.24) is 0 Å². The summed E-state index contributed by atoms with van der Waals surface area (Å²) in [4.78, 5) is 22.1. The normalized spacial score (nSPS) is 33.9. The van der Waals surface area contributed by atoms with Crippen LogP contribution in [0.1, 0.15) is 33.6 Å². The van der Waals surface area contributed by atoms with Gasteiger partial charge in [0.15, 0.2) is 0 Å². The Labute approximate surface area is 83.2 Å². The number of ether oxygens (including phenoxy) is 1. The number of carboxylic acid groups (broad SMARTS) is 1. The fourth-order valence-corrected chi connectivity index (χ4v) is 1.93. The molecule has 0 saturated carbocycles. The first-order valence-corrected chi connectivity index (χ1v) is 4.79. The number of hydrogen-bond donors (Lipinski definition) is 1. The predicted octanol–water partition coefficient (Wildman–Crippen LogP) is 1.44. The minimum atomic E-state index is -0.869. The second-order valence-electron chi connectivity index (χ2n) is 4.34. The molecule has 1 saturated heterocycles. The molecule has 0 spiro atoms. The molecule has 80 valence electrons. The van der Waals surface area contributed by atoms with Crippen LogP contribution in [0.15, 0.2) is 0 Å². The van der Waals surface area contributed by atoms with Crippen molar-refractivity contribution in [2.24, 2.45) is 11.3 Å². The van der Waals surface area contributed by atoms with E-state index in [1.54, 1.807) is 13.8 Å². The number of carbonyl (C=O) groups is 2. The smallest absolute Gasteiger partial charge is 0.312 e. The number of carboxylic acids is 1. The lowest BCUT2D eigenvalue weighted by Gasteiger charge is -2.25. The summed E-state index contributed by atoms with van der Waals surface area (Å²) in [5.41, 5.74) is -0.627. The summed E-state index contributed by atoms with van der Waals surface area (Å²) in [6.45, 7) is 5.40. The van der Waals surface area contributed by atoms with Crippen LogP contribution in [-0.2, 0) is 14.3 Å². The molecule has 1 rings (SSSR count). The Hall–Kier alpha value is -1.06. The molecule has 0 bridgehead atoms. The van der Waals surface area contributed by atoms with E-state index in [2.05, 4.69) is 0 Å². The third kappa shape index (κ3) is 1.89. The maximum Gasteiger partial charge on any atom is 0.312 e. The first-order valence-electron chi connectivity index (χ1n) is 4.79. The lowest BCUT2D eigenvalue weighted by molar-refractivity contribution is -0.150. The maximum absolute atomic E-state index is 11.5. The number of esters is 1. The van der Waals surface area contributed by atoms with Crippen molar-refractivity contribution in [2.45, 2.75) is 39.7 Å². The van der Waals surface area contributed by atoms with Crippen molar-refractivity contribution in [2.75, 3.05) is 0 Å². The quantitative estimate of drug-likeness (QED) is 0.700. The average molecular weight is 200 g/mol. The van der Waals surface area contributed by atoms with Gasteiger partial charge in [0, 0.05) is 12.8 Å². The molecular formula is C10H16O4. The zero-order valence-electron chi connectivity index (χ0n) is 8.74. The van der Waals surface area contributed by atoms with E-state index in [-0.39, 0.29) is 24.4 Å². The molecule has 4 nitrogen and oxygen atoms in total. The Morgan fingerprint density at radius 1 is 1.79 bits per heavy atom. The Morgan fingerprint density at radius 2 is 2.36 bits per heavy atom. The molecule has 1 N–H and O–H groups in total. The van der Waals surface area contributed by atoms with Crippen LogP contribution in [-0.4, -0.2) is 23.1 Å². The third-order valence-electron chi connectivity index (χ3n) is 3.05. The van der Waals surface area contributed by atoms with Gasteiger partial charge in [-0.25, -0.2) is 0 Å². The van der Waals surface area contributed by atoms with E-state index < -0.39 is 11.4 Å². The number of hydrogen-bond acceptors (Lipinski definition) is 3. The highest BCUT2D eigenvalue weighted by Crippen LogP contribution is 2.41. The van der Waals surface area contributed by atoms with Crippen molar-refractivity contribution in [3.8, 4) is 0 Å². The number of rotatable bonds is 3. The van der Waals surface area contributed by atoms with Gasteiger partial charge in [-0.2, -0.15) is 0 Å². The molecular weight excluding hydrogens is 184 g/mol. The summed E-state index contributed by atoms with van der Waals surface area (Å²) in [5.74, 6) is -1.32. The Balaban J connectivity index is 2.74. The zero-order valence-corrected chi connectivity index (χ0v) is 8.74. The minimum Gasteiger partial charge on any atom is -0.481 e. The maximum atomic E-state index is 11.5. The van der Waals surface area contributed by atoms with Gasteiger partial charge >= 0.3 is 11.9 Å². The molecule has 3 atom stereocenters. The van der Waals surface area contributed by atoms with Crippen molar-refractivity contribution in [3.63, 3.8) is 0 Å². The summed E-state index contributed by atoms with van der Waals surface area (Å²) in [7, 11) is 0. The molecule has 0 radical (unpaired) electrons. The van der Waals surface area contributed by atoms with Gasteiger partial charge in [0.25, 0.3) is 0 Å². The van der Waals surface area contributed by atoms with E-state index in [1.165, 1.54) is 0 Å². The summed E-state index contributed by atoms with van der Waals surface area (Å²) < 4.78 is 5.05. The lowest BCUT2D eigenvalue weighted by Crippen LogP contribution is -2.31. The SMILES string of the molecule is C[C@@H]1C[C@@](C)([C@H](C)CC(=O)O)C(=O)O1. The van der Waals surface area contributed by atoms with Gasteiger partial charge in [0.2, 0.25) is 0 Å². The van der Waals surface area contributed by atoms with Crippen molar-refractivity contribution >= 4 is 11.9 Å². The van der Waals surface area contributed by atoms with E-state index in [0.717, 1.165) is 0 Å². The monoisotopic (exact) mass is 200 g/mol. The van der Waals surface area contributed by atoms with E-state index in [0.29, 0.717) is 6.42 Å². The standard InChI is InChI=1S/C10H16O4/c1-6(4-8(11)12)10(3)5-7(2)14-9(10)13/h6-7H,4-5H2,1-3H3,(H,11,12)/t6-,7-,10+/m1/s1. The van der Waals surface area contributed by atoms with Gasteiger partial charge in [0.1, 0.15) is 6.10 Å². The molecule has 4 heteroatoms. The first-order chi connectivity index (χ1) is 6.36. The number of carbonyl (C=O) groups excluding carboxylic acids is 1. The summed E-state index contributed by atoms with van der Waals surface area (Å²) >= 11 is 0. The van der Waals surface area contributed by atoms with E-state index in [9.17, 15) is 9.59 Å².